The number of nitrogens with one attached hydrogen (secondary N) is 4. The van der Waals surface area contributed by atoms with Crippen molar-refractivity contribution >= 4 is 35.8 Å². The van der Waals surface area contributed by atoms with Crippen LogP contribution in [0.5, 0.6) is 0 Å². The fourth-order valence-electron chi connectivity index (χ4n) is 3.44. The van der Waals surface area contributed by atoms with Gasteiger partial charge < -0.3 is 42.3 Å². The summed E-state index contributed by atoms with van der Waals surface area (Å²) in [5.41, 5.74) is 5.40. The van der Waals surface area contributed by atoms with Crippen molar-refractivity contribution in [1.82, 2.24) is 21.3 Å². The Bertz CT molecular complexity index is 764. The van der Waals surface area contributed by atoms with Gasteiger partial charge in [-0.25, -0.2) is 14.4 Å². The Morgan fingerprint density at radius 2 is 1.05 bits per heavy atom. The molecule has 38 heavy (non-hydrogen) atoms. The van der Waals surface area contributed by atoms with E-state index in [1.165, 1.54) is 0 Å². The lowest BCUT2D eigenvalue weighted by Crippen LogP contribution is -2.51. The summed E-state index contributed by atoms with van der Waals surface area (Å²) in [6.07, 6.45) is 5.85. The van der Waals surface area contributed by atoms with Gasteiger partial charge in [0.25, 0.3) is 0 Å². The van der Waals surface area contributed by atoms with Crippen molar-refractivity contribution in [3.63, 3.8) is 0 Å². The molecule has 0 spiro atoms. The summed E-state index contributed by atoms with van der Waals surface area (Å²) >= 11 is 0. The number of hydrogen-bond donors (Lipinski definition) is 8. The second kappa shape index (κ2) is 21.6. The van der Waals surface area contributed by atoms with Crippen molar-refractivity contribution in [2.75, 3.05) is 19.6 Å². The summed E-state index contributed by atoms with van der Waals surface area (Å²) in [5.74, 6) is -4.04. The van der Waals surface area contributed by atoms with Crippen LogP contribution >= 0.6 is 0 Å². The predicted octanol–water partition coefficient (Wildman–Crippen LogP) is 0.539. The van der Waals surface area contributed by atoms with E-state index in [0.717, 1.165) is 32.1 Å². The number of unbranched alkanes of at least 4 members (excludes halogenated alkanes) is 5. The first kappa shape index (κ1) is 34.6. The smallest absolute Gasteiger partial charge is 0.326 e. The molecule has 0 aliphatic rings. The second-order valence-corrected chi connectivity index (χ2v) is 8.94. The number of carboxylic acids is 3. The van der Waals surface area contributed by atoms with E-state index in [9.17, 15) is 33.9 Å². The standard InChI is InChI=1S/C24H43N5O9/c25-14-6-8-16-27-20(31)11-4-2-1-3-10-19(30)26-15-7-5-9-17(22(34)35)28-24(38)29-18(23(36)37)12-13-21(32)33/h17-18H,1-16,25H2,(H,26,30)(H,27,31)(H,32,33)(H,34,35)(H,36,37)(H2,28,29,38)/t17-,18-/m0/s1. The molecule has 0 saturated heterocycles. The van der Waals surface area contributed by atoms with Gasteiger partial charge >= 0.3 is 23.9 Å². The summed E-state index contributed by atoms with van der Waals surface area (Å²) in [6.45, 7) is 1.60. The van der Waals surface area contributed by atoms with Gasteiger partial charge in [0.05, 0.1) is 0 Å². The minimum atomic E-state index is -1.47. The zero-order valence-electron chi connectivity index (χ0n) is 21.8. The lowest BCUT2D eigenvalue weighted by atomic mass is 10.1. The number of aliphatic carboxylic acids is 3. The van der Waals surface area contributed by atoms with Crippen molar-refractivity contribution in [2.24, 2.45) is 5.73 Å². The number of rotatable bonds is 23. The molecular formula is C24H43N5O9. The zero-order chi connectivity index (χ0) is 28.8. The Balaban J connectivity index is 4.00. The van der Waals surface area contributed by atoms with Gasteiger partial charge in [-0.15, -0.1) is 0 Å². The van der Waals surface area contributed by atoms with E-state index in [0.29, 0.717) is 51.7 Å². The normalized spacial score (nSPS) is 12.1. The molecule has 0 unspecified atom stereocenters. The van der Waals surface area contributed by atoms with Gasteiger partial charge in [-0.2, -0.15) is 0 Å². The summed E-state index contributed by atoms with van der Waals surface area (Å²) in [7, 11) is 0. The van der Waals surface area contributed by atoms with Crippen LogP contribution in [-0.4, -0.2) is 82.8 Å². The molecule has 14 nitrogen and oxygen atoms in total. The zero-order valence-corrected chi connectivity index (χ0v) is 21.8. The molecule has 0 aliphatic heterocycles. The molecule has 0 saturated carbocycles. The quantitative estimate of drug-likeness (QED) is 0.0829. The minimum Gasteiger partial charge on any atom is -0.481 e. The average molecular weight is 546 g/mol. The van der Waals surface area contributed by atoms with E-state index in [-0.39, 0.29) is 24.7 Å². The topological polar surface area (TPSA) is 237 Å². The SMILES string of the molecule is NCCCCNC(=O)CCCCCCC(=O)NCCCC[C@H](NC(=O)N[C@@H](CCC(=O)O)C(=O)O)C(=O)O. The highest BCUT2D eigenvalue weighted by Gasteiger charge is 2.24. The van der Waals surface area contributed by atoms with E-state index in [1.54, 1.807) is 0 Å². The van der Waals surface area contributed by atoms with Crippen molar-refractivity contribution in [2.45, 2.75) is 95.6 Å². The lowest BCUT2D eigenvalue weighted by molar-refractivity contribution is -0.141. The second-order valence-electron chi connectivity index (χ2n) is 8.94. The molecule has 0 aliphatic carbocycles. The molecule has 0 heterocycles. The van der Waals surface area contributed by atoms with Crippen LogP contribution in [0.15, 0.2) is 0 Å². The van der Waals surface area contributed by atoms with Crippen LogP contribution in [0.3, 0.4) is 0 Å². The van der Waals surface area contributed by atoms with Crippen LogP contribution in [0.4, 0.5) is 4.79 Å². The van der Waals surface area contributed by atoms with Gasteiger partial charge in [0.1, 0.15) is 12.1 Å². The van der Waals surface area contributed by atoms with Crippen LogP contribution < -0.4 is 27.0 Å². The van der Waals surface area contributed by atoms with Crippen molar-refractivity contribution in [1.29, 1.82) is 0 Å². The highest BCUT2D eigenvalue weighted by molar-refractivity contribution is 5.86. The Labute approximate surface area is 222 Å². The number of hydrogen-bond acceptors (Lipinski definition) is 7. The van der Waals surface area contributed by atoms with Gasteiger partial charge in [0.15, 0.2) is 0 Å². The maximum atomic E-state index is 12.0. The van der Waals surface area contributed by atoms with Gasteiger partial charge in [-0.1, -0.05) is 12.8 Å². The van der Waals surface area contributed by atoms with Crippen LogP contribution in [0.25, 0.3) is 0 Å². The molecule has 14 heteroatoms. The molecule has 0 aromatic heterocycles. The first-order chi connectivity index (χ1) is 18.1. The highest BCUT2D eigenvalue weighted by Crippen LogP contribution is 2.06. The molecule has 4 amide bonds. The number of carbonyl (C=O) groups is 6. The van der Waals surface area contributed by atoms with E-state index in [4.69, 9.17) is 15.9 Å². The maximum absolute atomic E-state index is 12.0. The fourth-order valence-corrected chi connectivity index (χ4v) is 3.44. The minimum absolute atomic E-state index is 0.0286. The fraction of sp³-hybridized carbons (Fsp3) is 0.750. The Morgan fingerprint density at radius 3 is 1.50 bits per heavy atom. The first-order valence-electron chi connectivity index (χ1n) is 13.0. The number of carbonyl (C=O) groups excluding carboxylic acids is 3. The summed E-state index contributed by atoms with van der Waals surface area (Å²) < 4.78 is 0. The van der Waals surface area contributed by atoms with Crippen LogP contribution in [0, 0.1) is 0 Å². The largest absolute Gasteiger partial charge is 0.481 e. The maximum Gasteiger partial charge on any atom is 0.326 e. The molecule has 0 fully saturated rings. The number of nitrogens with two attached hydrogens (primary N) is 1. The van der Waals surface area contributed by atoms with E-state index in [1.807, 2.05) is 0 Å². The van der Waals surface area contributed by atoms with Gasteiger partial charge in [0, 0.05) is 32.4 Å². The molecule has 9 N–H and O–H groups in total. The third kappa shape index (κ3) is 19.7. The van der Waals surface area contributed by atoms with E-state index < -0.39 is 42.4 Å². The Kier molecular flexibility index (Phi) is 19.7. The average Bonchev–Trinajstić information content (AvgIpc) is 2.85. The van der Waals surface area contributed by atoms with Gasteiger partial charge in [-0.05, 0) is 57.9 Å². The lowest BCUT2D eigenvalue weighted by Gasteiger charge is -2.18. The number of amides is 4. The molecular weight excluding hydrogens is 502 g/mol. The van der Waals surface area contributed by atoms with Crippen LogP contribution in [-0.2, 0) is 24.0 Å². The highest BCUT2D eigenvalue weighted by atomic mass is 16.4. The predicted molar refractivity (Wildman–Crippen MR) is 137 cm³/mol. The molecule has 0 rings (SSSR count). The molecule has 0 bridgehead atoms. The van der Waals surface area contributed by atoms with Gasteiger partial charge in [0.2, 0.25) is 11.8 Å². The first-order valence-corrected chi connectivity index (χ1v) is 13.0. The summed E-state index contributed by atoms with van der Waals surface area (Å²) in [6, 6.07) is -3.76. The van der Waals surface area contributed by atoms with Crippen molar-refractivity contribution in [3.05, 3.63) is 0 Å². The van der Waals surface area contributed by atoms with Gasteiger partial charge in [-0.3, -0.25) is 14.4 Å². The van der Waals surface area contributed by atoms with E-state index in [2.05, 4.69) is 21.3 Å². The van der Waals surface area contributed by atoms with Crippen molar-refractivity contribution < 1.29 is 44.1 Å². The third-order valence-electron chi connectivity index (χ3n) is 5.61. The molecule has 0 aromatic carbocycles. The molecule has 0 radical (unpaired) electrons. The Hall–Kier alpha value is -3.42. The number of carboxylic acid groups (broad SMARTS) is 3. The van der Waals surface area contributed by atoms with E-state index >= 15 is 0 Å². The Morgan fingerprint density at radius 1 is 0.579 bits per heavy atom. The molecule has 218 valence electrons. The van der Waals surface area contributed by atoms with Crippen molar-refractivity contribution in [3.8, 4) is 0 Å². The number of urea groups is 1. The monoisotopic (exact) mass is 545 g/mol. The van der Waals surface area contributed by atoms with Crippen LogP contribution in [0.2, 0.25) is 0 Å². The summed E-state index contributed by atoms with van der Waals surface area (Å²) in [4.78, 5) is 68.7. The van der Waals surface area contributed by atoms with Crippen LogP contribution in [0.1, 0.15) is 83.5 Å². The molecule has 0 aromatic rings. The third-order valence-corrected chi connectivity index (χ3v) is 5.61. The molecule has 2 atom stereocenters. The summed E-state index contributed by atoms with van der Waals surface area (Å²) in [5, 5.41) is 36.9.